The number of hydrogen-bond donors (Lipinski definition) is 1. The fourth-order valence-corrected chi connectivity index (χ4v) is 3.06. The van der Waals surface area contributed by atoms with Crippen LogP contribution in [0.3, 0.4) is 0 Å². The summed E-state index contributed by atoms with van der Waals surface area (Å²) in [5.74, 6) is 0.170. The van der Waals surface area contributed by atoms with E-state index >= 15 is 0 Å². The number of ether oxygens (including phenoxy) is 1. The molecule has 3 rings (SSSR count). The minimum atomic E-state index is -0.340. The number of hydrogen-bond acceptors (Lipinski definition) is 4. The van der Waals surface area contributed by atoms with Gasteiger partial charge in [0.2, 0.25) is 5.91 Å². The van der Waals surface area contributed by atoms with Crippen molar-refractivity contribution in [3.63, 3.8) is 0 Å². The average Bonchev–Trinajstić information content (AvgIpc) is 3.13. The molecule has 138 valence electrons. The highest BCUT2D eigenvalue weighted by Crippen LogP contribution is 2.26. The number of rotatable bonds is 7. The van der Waals surface area contributed by atoms with E-state index in [2.05, 4.69) is 17.2 Å². The van der Waals surface area contributed by atoms with Crippen LogP contribution in [-0.2, 0) is 4.79 Å². The van der Waals surface area contributed by atoms with Gasteiger partial charge < -0.3 is 4.74 Å². The van der Waals surface area contributed by atoms with Crippen molar-refractivity contribution in [1.82, 2.24) is 4.98 Å². The molecule has 0 atom stereocenters. The Balaban J connectivity index is 1.61. The first-order valence-electron chi connectivity index (χ1n) is 8.57. The Bertz CT molecular complexity index is 935. The van der Waals surface area contributed by atoms with E-state index in [0.717, 1.165) is 23.4 Å². The minimum Gasteiger partial charge on any atom is -0.494 e. The molecule has 1 aromatic heterocycles. The smallest absolute Gasteiger partial charge is 0.250 e. The average molecular weight is 382 g/mol. The van der Waals surface area contributed by atoms with Gasteiger partial charge in [-0.1, -0.05) is 19.1 Å². The molecule has 0 aliphatic carbocycles. The van der Waals surface area contributed by atoms with Crippen molar-refractivity contribution in [1.29, 1.82) is 0 Å². The molecule has 0 saturated carbocycles. The molecule has 0 bridgehead atoms. The van der Waals surface area contributed by atoms with Gasteiger partial charge in [-0.05, 0) is 54.5 Å². The van der Waals surface area contributed by atoms with E-state index in [4.69, 9.17) is 4.74 Å². The van der Waals surface area contributed by atoms with Crippen LogP contribution in [0, 0.1) is 5.82 Å². The second-order valence-electron chi connectivity index (χ2n) is 5.79. The lowest BCUT2D eigenvalue weighted by molar-refractivity contribution is -0.111. The summed E-state index contributed by atoms with van der Waals surface area (Å²) in [5, 5.41) is 5.11. The van der Waals surface area contributed by atoms with Crippen LogP contribution in [0.2, 0.25) is 0 Å². The summed E-state index contributed by atoms with van der Waals surface area (Å²) in [6.07, 6.45) is 3.88. The molecular formula is C21H19FN2O2S. The molecule has 1 N–H and O–H groups in total. The van der Waals surface area contributed by atoms with Crippen LogP contribution in [0.1, 0.15) is 18.9 Å². The van der Waals surface area contributed by atoms with Crippen molar-refractivity contribution >= 4 is 28.5 Å². The number of carbonyl (C=O) groups excluding carboxylic acids is 1. The molecule has 0 fully saturated rings. The number of nitrogens with one attached hydrogen (secondary N) is 1. The first kappa shape index (κ1) is 18.8. The molecule has 1 amide bonds. The van der Waals surface area contributed by atoms with Crippen LogP contribution in [0.25, 0.3) is 17.3 Å². The summed E-state index contributed by atoms with van der Waals surface area (Å²) in [6, 6.07) is 13.7. The van der Waals surface area contributed by atoms with E-state index in [-0.39, 0.29) is 11.7 Å². The fourth-order valence-electron chi connectivity index (χ4n) is 2.33. The van der Waals surface area contributed by atoms with Gasteiger partial charge in [-0.3, -0.25) is 10.1 Å². The summed E-state index contributed by atoms with van der Waals surface area (Å²) in [4.78, 5) is 16.5. The summed E-state index contributed by atoms with van der Waals surface area (Å²) < 4.78 is 18.7. The van der Waals surface area contributed by atoms with Gasteiger partial charge in [0.15, 0.2) is 5.13 Å². The van der Waals surface area contributed by atoms with Crippen LogP contribution < -0.4 is 10.1 Å². The van der Waals surface area contributed by atoms with Gasteiger partial charge in [0.05, 0.1) is 12.3 Å². The molecule has 0 saturated heterocycles. The Morgan fingerprint density at radius 3 is 2.81 bits per heavy atom. The highest BCUT2D eigenvalue weighted by molar-refractivity contribution is 7.14. The molecule has 0 unspecified atom stereocenters. The zero-order valence-corrected chi connectivity index (χ0v) is 15.6. The second kappa shape index (κ2) is 9.09. The molecular weight excluding hydrogens is 363 g/mol. The van der Waals surface area contributed by atoms with E-state index in [0.29, 0.717) is 17.3 Å². The Labute approximate surface area is 161 Å². The molecule has 1 heterocycles. The van der Waals surface area contributed by atoms with E-state index in [1.165, 1.54) is 29.5 Å². The summed E-state index contributed by atoms with van der Waals surface area (Å²) in [6.45, 7) is 2.75. The van der Waals surface area contributed by atoms with Crippen molar-refractivity contribution in [2.24, 2.45) is 0 Å². The number of carbonyl (C=O) groups is 1. The lowest BCUT2D eigenvalue weighted by Gasteiger charge is -2.04. The Morgan fingerprint density at radius 1 is 1.26 bits per heavy atom. The number of thiazole rings is 1. The van der Waals surface area contributed by atoms with Crippen LogP contribution >= 0.6 is 11.3 Å². The summed E-state index contributed by atoms with van der Waals surface area (Å²) in [7, 11) is 0. The molecule has 6 heteroatoms. The van der Waals surface area contributed by atoms with E-state index in [9.17, 15) is 9.18 Å². The molecule has 0 spiro atoms. The summed E-state index contributed by atoms with van der Waals surface area (Å²) >= 11 is 1.35. The number of benzene rings is 2. The summed E-state index contributed by atoms with van der Waals surface area (Å²) in [5.41, 5.74) is 2.35. The number of nitrogens with zero attached hydrogens (tertiary/aromatic N) is 1. The maximum Gasteiger partial charge on any atom is 0.250 e. The SMILES string of the molecule is CCCOc1ccc(-c2csc(NC(=O)/C=C/c3cccc(F)c3)n2)cc1. The normalized spacial score (nSPS) is 10.9. The number of amides is 1. The molecule has 0 aliphatic rings. The van der Waals surface area contributed by atoms with Gasteiger partial charge in [-0.15, -0.1) is 11.3 Å². The Hall–Kier alpha value is -2.99. The monoisotopic (exact) mass is 382 g/mol. The lowest BCUT2D eigenvalue weighted by Crippen LogP contribution is -2.07. The first-order valence-corrected chi connectivity index (χ1v) is 9.45. The van der Waals surface area contributed by atoms with Crippen LogP contribution in [0.4, 0.5) is 9.52 Å². The van der Waals surface area contributed by atoms with Crippen LogP contribution in [-0.4, -0.2) is 17.5 Å². The molecule has 0 aliphatic heterocycles. The van der Waals surface area contributed by atoms with Gasteiger partial charge in [-0.2, -0.15) is 0 Å². The third-order valence-corrected chi connectivity index (χ3v) is 4.39. The quantitative estimate of drug-likeness (QED) is 0.558. The van der Waals surface area contributed by atoms with E-state index in [1.807, 2.05) is 29.6 Å². The van der Waals surface area contributed by atoms with Gasteiger partial charge in [0, 0.05) is 17.0 Å². The zero-order valence-electron chi connectivity index (χ0n) is 14.8. The predicted octanol–water partition coefficient (Wildman–Crippen LogP) is 5.39. The van der Waals surface area contributed by atoms with Crippen molar-refractivity contribution in [3.8, 4) is 17.0 Å². The maximum absolute atomic E-state index is 13.1. The molecule has 3 aromatic rings. The van der Waals surface area contributed by atoms with E-state index in [1.54, 1.807) is 18.2 Å². The first-order chi connectivity index (χ1) is 13.1. The number of anilines is 1. The second-order valence-corrected chi connectivity index (χ2v) is 6.65. The number of aromatic nitrogens is 1. The Kier molecular flexibility index (Phi) is 6.33. The van der Waals surface area contributed by atoms with E-state index < -0.39 is 0 Å². The van der Waals surface area contributed by atoms with Crippen molar-refractivity contribution in [3.05, 3.63) is 71.4 Å². The molecule has 4 nitrogen and oxygen atoms in total. The maximum atomic E-state index is 13.1. The third kappa shape index (κ3) is 5.49. The molecule has 0 radical (unpaired) electrons. The topological polar surface area (TPSA) is 51.2 Å². The van der Waals surface area contributed by atoms with Gasteiger partial charge in [-0.25, -0.2) is 9.37 Å². The third-order valence-electron chi connectivity index (χ3n) is 3.63. The number of halogens is 1. The van der Waals surface area contributed by atoms with Crippen LogP contribution in [0.5, 0.6) is 5.75 Å². The van der Waals surface area contributed by atoms with Crippen LogP contribution in [0.15, 0.2) is 60.0 Å². The predicted molar refractivity (Wildman–Crippen MR) is 107 cm³/mol. The Morgan fingerprint density at radius 2 is 2.07 bits per heavy atom. The van der Waals surface area contributed by atoms with Crippen molar-refractivity contribution < 1.29 is 13.9 Å². The highest BCUT2D eigenvalue weighted by atomic mass is 32.1. The molecule has 2 aromatic carbocycles. The van der Waals surface area contributed by atoms with Crippen molar-refractivity contribution in [2.45, 2.75) is 13.3 Å². The van der Waals surface area contributed by atoms with Gasteiger partial charge in [0.1, 0.15) is 11.6 Å². The van der Waals surface area contributed by atoms with Gasteiger partial charge >= 0.3 is 0 Å². The highest BCUT2D eigenvalue weighted by Gasteiger charge is 2.07. The fraction of sp³-hybridized carbons (Fsp3) is 0.143. The zero-order chi connectivity index (χ0) is 19.1. The standard InChI is InChI=1S/C21H19FN2O2S/c1-2-12-26-18-9-7-16(8-10-18)19-14-27-21(23-19)24-20(25)11-6-15-4-3-5-17(22)13-15/h3-11,13-14H,2,12H2,1H3,(H,23,24,25)/b11-6+. The molecule has 27 heavy (non-hydrogen) atoms. The largest absolute Gasteiger partial charge is 0.494 e. The van der Waals surface area contributed by atoms with Gasteiger partial charge in [0.25, 0.3) is 0 Å². The lowest BCUT2D eigenvalue weighted by atomic mass is 10.2. The minimum absolute atomic E-state index is 0.316. The van der Waals surface area contributed by atoms with Crippen molar-refractivity contribution in [2.75, 3.05) is 11.9 Å².